The fourth-order valence-electron chi connectivity index (χ4n) is 3.25. The topological polar surface area (TPSA) is 61.6 Å². The zero-order chi connectivity index (χ0) is 15.0. The molecule has 7 heteroatoms. The van der Waals surface area contributed by atoms with E-state index in [-0.39, 0.29) is 24.2 Å². The lowest BCUT2D eigenvalue weighted by Gasteiger charge is -2.42. The Bertz CT molecular complexity index is 523. The SMILES string of the molecule is CCC(N)C(c1cc(Br)cs1)N1CCN2C(=O)NCC2C1. The van der Waals surface area contributed by atoms with Crippen molar-refractivity contribution in [1.82, 2.24) is 15.1 Å². The summed E-state index contributed by atoms with van der Waals surface area (Å²) in [4.78, 5) is 17.4. The Kier molecular flexibility index (Phi) is 4.54. The Morgan fingerprint density at radius 3 is 3.05 bits per heavy atom. The number of carbonyl (C=O) groups is 1. The van der Waals surface area contributed by atoms with Crippen LogP contribution in [-0.2, 0) is 0 Å². The maximum absolute atomic E-state index is 11.7. The summed E-state index contributed by atoms with van der Waals surface area (Å²) in [7, 11) is 0. The molecular formula is C14H21BrN4OS. The highest BCUT2D eigenvalue weighted by molar-refractivity contribution is 9.10. The van der Waals surface area contributed by atoms with Gasteiger partial charge >= 0.3 is 6.03 Å². The molecule has 21 heavy (non-hydrogen) atoms. The molecule has 2 aliphatic heterocycles. The quantitative estimate of drug-likeness (QED) is 0.849. The average Bonchev–Trinajstić information content (AvgIpc) is 3.06. The molecule has 1 aromatic rings. The summed E-state index contributed by atoms with van der Waals surface area (Å²) in [5.41, 5.74) is 6.41. The fourth-order valence-corrected chi connectivity index (χ4v) is 4.90. The molecule has 5 nitrogen and oxygen atoms in total. The average molecular weight is 373 g/mol. The second-order valence-electron chi connectivity index (χ2n) is 5.71. The van der Waals surface area contributed by atoms with Crippen LogP contribution in [0.5, 0.6) is 0 Å². The van der Waals surface area contributed by atoms with Crippen LogP contribution in [-0.4, -0.2) is 54.1 Å². The number of nitrogens with two attached hydrogens (primary N) is 1. The van der Waals surface area contributed by atoms with Gasteiger partial charge in [-0.2, -0.15) is 0 Å². The van der Waals surface area contributed by atoms with Crippen molar-refractivity contribution in [3.8, 4) is 0 Å². The fraction of sp³-hybridized carbons (Fsp3) is 0.643. The van der Waals surface area contributed by atoms with Gasteiger partial charge in [0.15, 0.2) is 0 Å². The first kappa shape index (κ1) is 15.3. The van der Waals surface area contributed by atoms with Gasteiger partial charge in [-0.1, -0.05) is 6.92 Å². The zero-order valence-electron chi connectivity index (χ0n) is 12.1. The number of carbonyl (C=O) groups excluding carboxylic acids is 1. The number of piperazine rings is 1. The summed E-state index contributed by atoms with van der Waals surface area (Å²) >= 11 is 5.29. The molecular weight excluding hydrogens is 352 g/mol. The van der Waals surface area contributed by atoms with E-state index in [1.54, 1.807) is 11.3 Å². The molecule has 0 spiro atoms. The normalized spacial score (nSPS) is 25.6. The van der Waals surface area contributed by atoms with Gasteiger partial charge < -0.3 is 16.0 Å². The molecule has 3 atom stereocenters. The van der Waals surface area contributed by atoms with Gasteiger partial charge in [0, 0.05) is 47.0 Å². The van der Waals surface area contributed by atoms with Gasteiger partial charge in [0.25, 0.3) is 0 Å². The first-order valence-corrected chi connectivity index (χ1v) is 9.05. The maximum Gasteiger partial charge on any atom is 0.317 e. The van der Waals surface area contributed by atoms with Crippen molar-refractivity contribution in [2.45, 2.75) is 31.5 Å². The van der Waals surface area contributed by atoms with E-state index in [4.69, 9.17) is 5.73 Å². The molecule has 3 heterocycles. The van der Waals surface area contributed by atoms with Gasteiger partial charge in [0.1, 0.15) is 0 Å². The Hall–Kier alpha value is -0.630. The maximum atomic E-state index is 11.7. The van der Waals surface area contributed by atoms with Crippen molar-refractivity contribution in [2.24, 2.45) is 5.73 Å². The van der Waals surface area contributed by atoms with E-state index in [1.165, 1.54) is 4.88 Å². The number of fused-ring (bicyclic) bond motifs is 1. The van der Waals surface area contributed by atoms with E-state index in [1.807, 2.05) is 4.90 Å². The highest BCUT2D eigenvalue weighted by Crippen LogP contribution is 2.34. The molecule has 0 aliphatic carbocycles. The number of hydrogen-bond donors (Lipinski definition) is 2. The van der Waals surface area contributed by atoms with E-state index in [9.17, 15) is 4.79 Å². The molecule has 2 fully saturated rings. The number of nitrogens with one attached hydrogen (secondary N) is 1. The van der Waals surface area contributed by atoms with Crippen molar-refractivity contribution in [3.05, 3.63) is 20.8 Å². The van der Waals surface area contributed by atoms with E-state index >= 15 is 0 Å². The van der Waals surface area contributed by atoms with Crippen molar-refractivity contribution in [3.63, 3.8) is 0 Å². The Labute approximate surface area is 137 Å². The molecule has 3 unspecified atom stereocenters. The number of urea groups is 1. The lowest BCUT2D eigenvalue weighted by atomic mass is 10.0. The van der Waals surface area contributed by atoms with Crippen LogP contribution >= 0.6 is 27.3 Å². The molecule has 3 rings (SSSR count). The predicted octanol–water partition coefficient (Wildman–Crippen LogP) is 2.00. The van der Waals surface area contributed by atoms with Crippen molar-refractivity contribution in [2.75, 3.05) is 26.2 Å². The molecule has 0 radical (unpaired) electrons. The minimum atomic E-state index is 0.0786. The smallest absolute Gasteiger partial charge is 0.317 e. The second kappa shape index (κ2) is 6.24. The van der Waals surface area contributed by atoms with Crippen LogP contribution < -0.4 is 11.1 Å². The van der Waals surface area contributed by atoms with Crippen molar-refractivity contribution < 1.29 is 4.79 Å². The van der Waals surface area contributed by atoms with Crippen LogP contribution in [0.15, 0.2) is 15.9 Å². The first-order chi connectivity index (χ1) is 10.1. The van der Waals surface area contributed by atoms with Crippen LogP contribution in [0.4, 0.5) is 4.79 Å². The van der Waals surface area contributed by atoms with Gasteiger partial charge in [-0.3, -0.25) is 4.90 Å². The number of hydrogen-bond acceptors (Lipinski definition) is 4. The molecule has 0 aromatic carbocycles. The molecule has 3 N–H and O–H groups in total. The Morgan fingerprint density at radius 2 is 2.38 bits per heavy atom. The highest BCUT2D eigenvalue weighted by Gasteiger charge is 2.39. The minimum Gasteiger partial charge on any atom is -0.336 e. The Balaban J connectivity index is 1.79. The van der Waals surface area contributed by atoms with Crippen LogP contribution in [0.2, 0.25) is 0 Å². The number of thiophene rings is 1. The van der Waals surface area contributed by atoms with Crippen LogP contribution in [0.3, 0.4) is 0 Å². The summed E-state index contributed by atoms with van der Waals surface area (Å²) in [5, 5.41) is 5.05. The van der Waals surface area contributed by atoms with Crippen molar-refractivity contribution in [1.29, 1.82) is 0 Å². The molecule has 2 aliphatic rings. The lowest BCUT2D eigenvalue weighted by Crippen LogP contribution is -2.55. The largest absolute Gasteiger partial charge is 0.336 e. The van der Waals surface area contributed by atoms with Gasteiger partial charge in [0.2, 0.25) is 0 Å². The third kappa shape index (κ3) is 2.97. The first-order valence-electron chi connectivity index (χ1n) is 7.38. The summed E-state index contributed by atoms with van der Waals surface area (Å²) in [6.07, 6.45) is 0.947. The standard InChI is InChI=1S/C14H21BrN4OS/c1-2-11(16)13(12-5-9(15)8-21-12)18-3-4-19-10(7-18)6-17-14(19)20/h5,8,10-11,13H,2-4,6-7,16H2,1H3,(H,17,20). The second-order valence-corrected chi connectivity index (χ2v) is 7.57. The summed E-state index contributed by atoms with van der Waals surface area (Å²) < 4.78 is 1.12. The Morgan fingerprint density at radius 1 is 1.57 bits per heavy atom. The van der Waals surface area contributed by atoms with Crippen LogP contribution in [0, 0.1) is 0 Å². The number of amides is 2. The molecule has 2 amide bonds. The molecule has 1 aromatic heterocycles. The van der Waals surface area contributed by atoms with Gasteiger partial charge in [-0.05, 0) is 28.4 Å². The molecule has 0 bridgehead atoms. The minimum absolute atomic E-state index is 0.0786. The van der Waals surface area contributed by atoms with Crippen LogP contribution in [0.25, 0.3) is 0 Å². The number of rotatable bonds is 4. The van der Waals surface area contributed by atoms with E-state index in [0.717, 1.165) is 37.1 Å². The van der Waals surface area contributed by atoms with Crippen LogP contribution in [0.1, 0.15) is 24.3 Å². The molecule has 116 valence electrons. The predicted molar refractivity (Wildman–Crippen MR) is 88.5 cm³/mol. The monoisotopic (exact) mass is 372 g/mol. The summed E-state index contributed by atoms with van der Waals surface area (Å²) in [5.74, 6) is 0. The molecule has 0 saturated carbocycles. The summed E-state index contributed by atoms with van der Waals surface area (Å²) in [6.45, 7) is 5.45. The van der Waals surface area contributed by atoms with Gasteiger partial charge in [-0.15, -0.1) is 11.3 Å². The van der Waals surface area contributed by atoms with E-state index < -0.39 is 0 Å². The highest BCUT2D eigenvalue weighted by atomic mass is 79.9. The van der Waals surface area contributed by atoms with E-state index in [2.05, 4.69) is 44.5 Å². The third-order valence-electron chi connectivity index (χ3n) is 4.41. The van der Waals surface area contributed by atoms with Gasteiger partial charge in [-0.25, -0.2) is 4.79 Å². The van der Waals surface area contributed by atoms with E-state index in [0.29, 0.717) is 0 Å². The number of halogens is 1. The third-order valence-corrected chi connectivity index (χ3v) is 6.18. The summed E-state index contributed by atoms with van der Waals surface area (Å²) in [6, 6.07) is 2.89. The number of nitrogens with zero attached hydrogens (tertiary/aromatic N) is 2. The van der Waals surface area contributed by atoms with Gasteiger partial charge in [0.05, 0.1) is 12.1 Å². The zero-order valence-corrected chi connectivity index (χ0v) is 14.5. The van der Waals surface area contributed by atoms with Crippen molar-refractivity contribution >= 4 is 33.3 Å². The molecule has 2 saturated heterocycles. The lowest BCUT2D eigenvalue weighted by molar-refractivity contribution is 0.0779.